The summed E-state index contributed by atoms with van der Waals surface area (Å²) in [6, 6.07) is 0. The van der Waals surface area contributed by atoms with E-state index >= 15 is 0 Å². The smallest absolute Gasteiger partial charge is 0.0351 e. The van der Waals surface area contributed by atoms with Gasteiger partial charge in [-0.05, 0) is 0 Å². The SMILES string of the molecule is C.C.CC.CC.COC.COC.COC.COC. The van der Waals surface area contributed by atoms with E-state index in [9.17, 15) is 0 Å². The van der Waals surface area contributed by atoms with E-state index in [1.807, 2.05) is 27.7 Å². The molecular weight excluding hydrogens is 232 g/mol. The fraction of sp³-hybridized carbons (Fsp3) is 1.00. The largest absolute Gasteiger partial charge is 0.388 e. The maximum Gasteiger partial charge on any atom is 0.0351 e. The highest BCUT2D eigenvalue weighted by Crippen LogP contribution is 1.29. The Bertz CT molecular complexity index is 21.8. The van der Waals surface area contributed by atoms with Crippen LogP contribution in [0.4, 0.5) is 0 Å². The van der Waals surface area contributed by atoms with Gasteiger partial charge in [0.05, 0.1) is 0 Å². The van der Waals surface area contributed by atoms with Gasteiger partial charge in [0.15, 0.2) is 0 Å². The molecule has 4 heteroatoms. The van der Waals surface area contributed by atoms with Crippen LogP contribution in [0.3, 0.4) is 0 Å². The topological polar surface area (TPSA) is 36.9 Å². The number of hydrogen-bond donors (Lipinski definition) is 0. The first kappa shape index (κ1) is 52.3. The molecule has 18 heavy (non-hydrogen) atoms. The van der Waals surface area contributed by atoms with E-state index in [2.05, 4.69) is 18.9 Å². The lowest BCUT2D eigenvalue weighted by atomic mass is 11.0. The van der Waals surface area contributed by atoms with Gasteiger partial charge >= 0.3 is 0 Å². The van der Waals surface area contributed by atoms with Crippen molar-refractivity contribution in [3.05, 3.63) is 0 Å². The molecule has 0 amide bonds. The molecule has 0 heterocycles. The molecule has 0 N–H and O–H groups in total. The van der Waals surface area contributed by atoms with Crippen LogP contribution in [-0.4, -0.2) is 56.9 Å². The van der Waals surface area contributed by atoms with Gasteiger partial charge in [-0.15, -0.1) is 0 Å². The second-order valence-electron chi connectivity index (χ2n) is 1.63. The highest BCUT2D eigenvalue weighted by Gasteiger charge is 1.26. The second kappa shape index (κ2) is 287. The molecule has 0 saturated carbocycles. The molecule has 0 rings (SSSR count). The van der Waals surface area contributed by atoms with Crippen molar-refractivity contribution in [1.29, 1.82) is 0 Å². The Morgan fingerprint density at radius 2 is 0.333 bits per heavy atom. The summed E-state index contributed by atoms with van der Waals surface area (Å²) in [6.07, 6.45) is 0. The Morgan fingerprint density at radius 1 is 0.333 bits per heavy atom. The third-order valence-electron chi connectivity index (χ3n) is 0. The molecule has 0 atom stereocenters. The fourth-order valence-corrected chi connectivity index (χ4v) is 0. The molecule has 0 aliphatic heterocycles. The van der Waals surface area contributed by atoms with Crippen LogP contribution in [0.5, 0.6) is 0 Å². The summed E-state index contributed by atoms with van der Waals surface area (Å²) in [7, 11) is 13.0. The van der Waals surface area contributed by atoms with Crippen LogP contribution in [0.1, 0.15) is 42.5 Å². The molecule has 0 unspecified atom stereocenters. The molecule has 0 aromatic carbocycles. The van der Waals surface area contributed by atoms with Crippen LogP contribution in [0, 0.1) is 0 Å². The zero-order chi connectivity index (χ0) is 14.8. The van der Waals surface area contributed by atoms with Gasteiger partial charge in [0.2, 0.25) is 0 Å². The molecule has 0 aliphatic rings. The third kappa shape index (κ3) is 136000. The fourth-order valence-electron chi connectivity index (χ4n) is 0. The minimum atomic E-state index is 0. The van der Waals surface area contributed by atoms with Crippen LogP contribution < -0.4 is 0 Å². The molecule has 4 nitrogen and oxygen atoms in total. The maximum atomic E-state index is 4.25. The van der Waals surface area contributed by atoms with Gasteiger partial charge in [-0.3, -0.25) is 0 Å². The predicted molar refractivity (Wildman–Crippen MR) is 87.9 cm³/mol. The van der Waals surface area contributed by atoms with Crippen molar-refractivity contribution in [2.75, 3.05) is 56.9 Å². The van der Waals surface area contributed by atoms with Crippen LogP contribution in [0.2, 0.25) is 0 Å². The molecule has 0 aliphatic carbocycles. The standard InChI is InChI=1S/4C2H6O.2C2H6.2CH4/c4*1-3-2;2*1-2;;/h4*1-2H3;2*1-2H3;2*1H4. The summed E-state index contributed by atoms with van der Waals surface area (Å²) >= 11 is 0. The first-order chi connectivity index (χ1) is 7.66. The second-order valence-corrected chi connectivity index (χ2v) is 1.63. The Morgan fingerprint density at radius 3 is 0.333 bits per heavy atom. The molecule has 0 radical (unpaired) electrons. The summed E-state index contributed by atoms with van der Waals surface area (Å²) < 4.78 is 17.0. The monoisotopic (exact) mass is 276 g/mol. The van der Waals surface area contributed by atoms with Crippen molar-refractivity contribution in [3.8, 4) is 0 Å². The van der Waals surface area contributed by atoms with Crippen molar-refractivity contribution in [1.82, 2.24) is 0 Å². The predicted octanol–water partition coefficient (Wildman–Crippen LogP) is 4.38. The van der Waals surface area contributed by atoms with Crippen molar-refractivity contribution in [2.45, 2.75) is 42.5 Å². The molecule has 0 fully saturated rings. The van der Waals surface area contributed by atoms with Crippen LogP contribution >= 0.6 is 0 Å². The van der Waals surface area contributed by atoms with E-state index in [-0.39, 0.29) is 14.9 Å². The Hall–Kier alpha value is -0.160. The molecule has 0 aromatic rings. The summed E-state index contributed by atoms with van der Waals surface area (Å²) in [5.74, 6) is 0. The summed E-state index contributed by atoms with van der Waals surface area (Å²) in [5.41, 5.74) is 0. The van der Waals surface area contributed by atoms with Gasteiger partial charge in [-0.2, -0.15) is 0 Å². The number of ether oxygens (including phenoxy) is 4. The Labute approximate surface area is 119 Å². The minimum absolute atomic E-state index is 0. The van der Waals surface area contributed by atoms with Gasteiger partial charge < -0.3 is 18.9 Å². The lowest BCUT2D eigenvalue weighted by Gasteiger charge is -1.61. The lowest BCUT2D eigenvalue weighted by Crippen LogP contribution is -1.55. The third-order valence-corrected chi connectivity index (χ3v) is 0. The first-order valence-corrected chi connectivity index (χ1v) is 5.27. The zero-order valence-electron chi connectivity index (χ0n) is 13.6. The van der Waals surface area contributed by atoms with E-state index in [0.29, 0.717) is 0 Å². The summed E-state index contributed by atoms with van der Waals surface area (Å²) in [5, 5.41) is 0. The molecule has 0 saturated heterocycles. The van der Waals surface area contributed by atoms with E-state index < -0.39 is 0 Å². The van der Waals surface area contributed by atoms with Gasteiger partial charge in [0, 0.05) is 56.9 Å². The van der Waals surface area contributed by atoms with E-state index in [4.69, 9.17) is 0 Å². The zero-order valence-corrected chi connectivity index (χ0v) is 13.6. The van der Waals surface area contributed by atoms with Crippen molar-refractivity contribution >= 4 is 0 Å². The van der Waals surface area contributed by atoms with Crippen LogP contribution in [0.15, 0.2) is 0 Å². The van der Waals surface area contributed by atoms with E-state index in [0.717, 1.165) is 0 Å². The number of methoxy groups -OCH3 is 4. The highest BCUT2D eigenvalue weighted by molar-refractivity contribution is 3.57. The molecule has 0 bridgehead atoms. The number of hydrogen-bond acceptors (Lipinski definition) is 4. The van der Waals surface area contributed by atoms with Crippen molar-refractivity contribution in [3.63, 3.8) is 0 Å². The van der Waals surface area contributed by atoms with Gasteiger partial charge in [0.1, 0.15) is 0 Å². The van der Waals surface area contributed by atoms with Crippen LogP contribution in [-0.2, 0) is 18.9 Å². The van der Waals surface area contributed by atoms with Gasteiger partial charge in [-0.1, -0.05) is 42.5 Å². The molecular formula is C14H44O4. The minimum Gasteiger partial charge on any atom is -0.388 e. The summed E-state index contributed by atoms with van der Waals surface area (Å²) in [4.78, 5) is 0. The average molecular weight is 277 g/mol. The Balaban J connectivity index is -0.0000000110. The lowest BCUT2D eigenvalue weighted by molar-refractivity contribution is 0.277. The molecule has 0 spiro atoms. The first-order valence-electron chi connectivity index (χ1n) is 5.27. The summed E-state index contributed by atoms with van der Waals surface area (Å²) in [6.45, 7) is 8.00. The molecule has 0 aromatic heterocycles. The van der Waals surface area contributed by atoms with Gasteiger partial charge in [0.25, 0.3) is 0 Å². The van der Waals surface area contributed by atoms with E-state index in [1.54, 1.807) is 56.9 Å². The molecule has 124 valence electrons. The van der Waals surface area contributed by atoms with Crippen molar-refractivity contribution in [2.24, 2.45) is 0 Å². The highest BCUT2D eigenvalue weighted by atomic mass is 16.5. The normalized spacial score (nSPS) is 4.67. The van der Waals surface area contributed by atoms with E-state index in [1.165, 1.54) is 0 Å². The average Bonchev–Trinajstić information content (AvgIpc) is 2.27. The quantitative estimate of drug-likeness (QED) is 0.658. The Kier molecular flexibility index (Phi) is 832. The number of rotatable bonds is 0. The van der Waals surface area contributed by atoms with Crippen LogP contribution in [0.25, 0.3) is 0 Å². The maximum absolute atomic E-state index is 4.25. The van der Waals surface area contributed by atoms with Gasteiger partial charge in [-0.25, -0.2) is 0 Å². The van der Waals surface area contributed by atoms with Crippen molar-refractivity contribution < 1.29 is 18.9 Å².